The third-order valence-electron chi connectivity index (χ3n) is 7.04. The minimum atomic E-state index is -0.941. The molecule has 0 saturated carbocycles. The van der Waals surface area contributed by atoms with Crippen molar-refractivity contribution in [2.75, 3.05) is 48.4 Å². The molecule has 55 heavy (non-hydrogen) atoms. The number of anilines is 4. The number of esters is 4. The summed E-state index contributed by atoms with van der Waals surface area (Å²) in [6, 6.07) is 13.3. The van der Waals surface area contributed by atoms with Crippen molar-refractivity contribution in [1.29, 1.82) is 0 Å². The number of ketones is 2. The lowest BCUT2D eigenvalue weighted by molar-refractivity contribution is -0.116. The lowest BCUT2D eigenvalue weighted by atomic mass is 10.1. The van der Waals surface area contributed by atoms with E-state index in [1.165, 1.54) is 60.7 Å². The second-order valence-electron chi connectivity index (χ2n) is 10.9. The van der Waals surface area contributed by atoms with Gasteiger partial charge in [0.1, 0.15) is 0 Å². The lowest BCUT2D eigenvalue weighted by Crippen LogP contribution is -2.30. The highest BCUT2D eigenvalue weighted by Gasteiger charge is 2.22. The van der Waals surface area contributed by atoms with Crippen molar-refractivity contribution in [3.63, 3.8) is 0 Å². The van der Waals surface area contributed by atoms with Gasteiger partial charge in [0.05, 0.1) is 60.6 Å². The van der Waals surface area contributed by atoms with Crippen LogP contribution in [0.3, 0.4) is 0 Å². The zero-order valence-corrected chi connectivity index (χ0v) is 30.7. The molecule has 0 atom stereocenters. The quantitative estimate of drug-likeness (QED) is 0.0500. The maximum Gasteiger partial charge on any atom is 0.340 e. The fourth-order valence-electron chi connectivity index (χ4n) is 4.46. The average molecular weight is 759 g/mol. The Balaban J connectivity index is 1.79. The van der Waals surface area contributed by atoms with E-state index in [9.17, 15) is 38.4 Å². The van der Waals surface area contributed by atoms with Crippen LogP contribution in [0.2, 0.25) is 0 Å². The van der Waals surface area contributed by atoms with Crippen molar-refractivity contribution < 1.29 is 57.3 Å². The molecule has 0 fully saturated rings. The maximum absolute atomic E-state index is 13.1. The third-order valence-corrected chi connectivity index (χ3v) is 7.04. The Morgan fingerprint density at radius 1 is 0.527 bits per heavy atom. The monoisotopic (exact) mass is 758 g/mol. The average Bonchev–Trinajstić information content (AvgIpc) is 3.15. The number of rotatable bonds is 17. The third kappa shape index (κ3) is 11.6. The molecule has 0 aliphatic carbocycles. The van der Waals surface area contributed by atoms with Crippen LogP contribution in [-0.2, 0) is 38.1 Å². The van der Waals surface area contributed by atoms with E-state index in [0.717, 1.165) is 21.0 Å². The number of methoxy groups -OCH3 is 1. The SMILES string of the molecule is CCOC(=O)c1ccc(C(=O)OC)c(N/N=C(/C(C)=O)C(=O)Nc2ccc(NC(=O)/C(=N\Nc3cc(C(=O)OCC)ccc3C(=O)OCC)C(C)=O)cc2)c1. The standard InChI is InChI=1S/C37H38N6O12/c1-7-53-34(48)22-10-16-26(36(50)52-6)28(18-22)40-42-30(20(4)44)32(46)38-24-12-14-25(15-13-24)39-33(47)31(21(5)45)43-41-29-19-23(35(49)54-8-2)11-17-27(29)37(51)55-9-3/h10-19,40-41H,7-9H2,1-6H3,(H,38,46)(H,39,47)/b42-30-,43-31-. The molecule has 0 radical (unpaired) electrons. The highest BCUT2D eigenvalue weighted by atomic mass is 16.5. The van der Waals surface area contributed by atoms with Gasteiger partial charge < -0.3 is 29.6 Å². The molecule has 18 heteroatoms. The molecule has 3 rings (SSSR count). The second kappa shape index (κ2) is 20.1. The van der Waals surface area contributed by atoms with E-state index in [-0.39, 0.29) is 64.8 Å². The first kappa shape index (κ1) is 42.2. The van der Waals surface area contributed by atoms with Crippen molar-refractivity contribution in [2.24, 2.45) is 10.2 Å². The van der Waals surface area contributed by atoms with Crippen LogP contribution >= 0.6 is 0 Å². The van der Waals surface area contributed by atoms with Crippen LogP contribution in [0.15, 0.2) is 70.9 Å². The second-order valence-corrected chi connectivity index (χ2v) is 10.9. The van der Waals surface area contributed by atoms with Gasteiger partial charge in [0.15, 0.2) is 23.0 Å². The fraction of sp³-hybridized carbons (Fsp3) is 0.243. The maximum atomic E-state index is 13.1. The van der Waals surface area contributed by atoms with Gasteiger partial charge in [-0.05, 0) is 81.4 Å². The summed E-state index contributed by atoms with van der Waals surface area (Å²) in [4.78, 5) is 100. The Morgan fingerprint density at radius 2 is 0.891 bits per heavy atom. The predicted molar refractivity (Wildman–Crippen MR) is 199 cm³/mol. The molecule has 18 nitrogen and oxygen atoms in total. The first-order valence-corrected chi connectivity index (χ1v) is 16.5. The number of hydrazone groups is 2. The Labute approximate surface area is 314 Å². The van der Waals surface area contributed by atoms with Crippen molar-refractivity contribution >= 4 is 81.4 Å². The van der Waals surface area contributed by atoms with E-state index in [2.05, 4.69) is 31.7 Å². The summed E-state index contributed by atoms with van der Waals surface area (Å²) in [5.74, 6) is -6.26. The van der Waals surface area contributed by atoms with E-state index in [4.69, 9.17) is 18.9 Å². The number of Topliss-reactive ketones (excluding diaryl/α,β-unsaturated/α-hetero) is 2. The van der Waals surface area contributed by atoms with Gasteiger partial charge in [-0.2, -0.15) is 10.2 Å². The molecule has 4 N–H and O–H groups in total. The van der Waals surface area contributed by atoms with Gasteiger partial charge in [-0.25, -0.2) is 19.2 Å². The number of nitrogens with one attached hydrogen (secondary N) is 4. The Hall–Kier alpha value is -7.24. The number of hydrogen-bond donors (Lipinski definition) is 4. The summed E-state index contributed by atoms with van der Waals surface area (Å²) >= 11 is 0. The van der Waals surface area contributed by atoms with Gasteiger partial charge in [0.25, 0.3) is 11.8 Å². The van der Waals surface area contributed by atoms with Crippen LogP contribution in [-0.4, -0.2) is 85.6 Å². The molecule has 288 valence electrons. The molecule has 0 spiro atoms. The van der Waals surface area contributed by atoms with Gasteiger partial charge in [-0.15, -0.1) is 0 Å². The zero-order valence-electron chi connectivity index (χ0n) is 30.7. The first-order chi connectivity index (χ1) is 26.2. The summed E-state index contributed by atoms with van der Waals surface area (Å²) in [5.41, 5.74) is 4.12. The molecule has 0 unspecified atom stereocenters. The molecule has 0 bridgehead atoms. The molecule has 2 amide bonds. The number of ether oxygens (including phenoxy) is 4. The predicted octanol–water partition coefficient (Wildman–Crippen LogP) is 3.99. The highest BCUT2D eigenvalue weighted by molar-refractivity contribution is 6.67. The summed E-state index contributed by atoms with van der Waals surface area (Å²) in [7, 11) is 1.15. The fourth-order valence-corrected chi connectivity index (χ4v) is 4.46. The molecule has 0 heterocycles. The molecular weight excluding hydrogens is 720 g/mol. The molecule has 3 aromatic rings. The van der Waals surface area contributed by atoms with Crippen LogP contribution in [0, 0.1) is 0 Å². The van der Waals surface area contributed by atoms with Crippen LogP contribution in [0.25, 0.3) is 0 Å². The number of amides is 2. The number of nitrogens with zero attached hydrogens (tertiary/aromatic N) is 2. The number of carbonyl (C=O) groups excluding carboxylic acids is 8. The van der Waals surface area contributed by atoms with Gasteiger partial charge in [-0.3, -0.25) is 30.0 Å². The van der Waals surface area contributed by atoms with E-state index < -0.39 is 58.7 Å². The Kier molecular flexibility index (Phi) is 15.4. The lowest BCUT2D eigenvalue weighted by Gasteiger charge is -2.12. The number of carbonyl (C=O) groups is 8. The van der Waals surface area contributed by atoms with Crippen molar-refractivity contribution in [3.05, 3.63) is 82.9 Å². The van der Waals surface area contributed by atoms with Gasteiger partial charge in [0, 0.05) is 25.2 Å². The molecule has 0 aliphatic heterocycles. The zero-order chi connectivity index (χ0) is 40.7. The van der Waals surface area contributed by atoms with Crippen LogP contribution in [0.1, 0.15) is 76.1 Å². The Morgan fingerprint density at radius 3 is 1.24 bits per heavy atom. The van der Waals surface area contributed by atoms with E-state index in [1.54, 1.807) is 20.8 Å². The van der Waals surface area contributed by atoms with Crippen molar-refractivity contribution in [3.8, 4) is 0 Å². The van der Waals surface area contributed by atoms with E-state index >= 15 is 0 Å². The van der Waals surface area contributed by atoms with Crippen molar-refractivity contribution in [1.82, 2.24) is 0 Å². The summed E-state index contributed by atoms with van der Waals surface area (Å²) in [6.07, 6.45) is 0. The van der Waals surface area contributed by atoms with Gasteiger partial charge in [-0.1, -0.05) is 0 Å². The number of benzene rings is 3. The molecule has 0 aromatic heterocycles. The van der Waals surface area contributed by atoms with Gasteiger partial charge in [0.2, 0.25) is 0 Å². The largest absolute Gasteiger partial charge is 0.465 e. The summed E-state index contributed by atoms with van der Waals surface area (Å²) in [6.45, 7) is 7.29. The summed E-state index contributed by atoms with van der Waals surface area (Å²) in [5, 5.41) is 12.8. The van der Waals surface area contributed by atoms with Gasteiger partial charge >= 0.3 is 23.9 Å². The normalized spacial score (nSPS) is 11.0. The Bertz CT molecular complexity index is 2060. The minimum absolute atomic E-state index is 0.0255. The summed E-state index contributed by atoms with van der Waals surface area (Å²) < 4.78 is 19.8. The minimum Gasteiger partial charge on any atom is -0.465 e. The van der Waals surface area contributed by atoms with Crippen LogP contribution < -0.4 is 21.5 Å². The molecule has 0 aliphatic rings. The smallest absolute Gasteiger partial charge is 0.340 e. The number of hydrogen-bond acceptors (Lipinski definition) is 16. The molecule has 0 saturated heterocycles. The molecular formula is C37H38N6O12. The molecule has 3 aromatic carbocycles. The highest BCUT2D eigenvalue weighted by Crippen LogP contribution is 2.22. The van der Waals surface area contributed by atoms with Crippen LogP contribution in [0.5, 0.6) is 0 Å². The van der Waals surface area contributed by atoms with Crippen molar-refractivity contribution in [2.45, 2.75) is 34.6 Å². The van der Waals surface area contributed by atoms with Crippen LogP contribution in [0.4, 0.5) is 22.7 Å². The van der Waals surface area contributed by atoms with E-state index in [1.807, 2.05) is 0 Å². The first-order valence-electron chi connectivity index (χ1n) is 16.5. The van der Waals surface area contributed by atoms with E-state index in [0.29, 0.717) is 0 Å². The topological polar surface area (TPSA) is 246 Å².